The van der Waals surface area contributed by atoms with Crippen molar-refractivity contribution in [1.82, 2.24) is 5.32 Å². The van der Waals surface area contributed by atoms with Gasteiger partial charge < -0.3 is 15.7 Å². The quantitative estimate of drug-likeness (QED) is 0.0915. The van der Waals surface area contributed by atoms with Crippen LogP contribution in [-0.4, -0.2) is 29.4 Å². The van der Waals surface area contributed by atoms with Crippen LogP contribution in [0.2, 0.25) is 0 Å². The van der Waals surface area contributed by atoms with E-state index in [1.165, 1.54) is 57.8 Å². The van der Waals surface area contributed by atoms with E-state index in [9.17, 15) is 14.4 Å². The molecule has 0 fully saturated rings. The van der Waals surface area contributed by atoms with Crippen molar-refractivity contribution in [3.8, 4) is 0 Å². The van der Waals surface area contributed by atoms with E-state index >= 15 is 0 Å². The SMILES string of the molecule is CCCCCCCCCCCCCNC(=O)/C(=C/c1ccccc1NC(=O)CCCC(=O)O)c1ccccc1. The Morgan fingerprint density at radius 2 is 1.31 bits per heavy atom. The Bertz CT molecular complexity index is 1030. The van der Waals surface area contributed by atoms with E-state index in [1.807, 2.05) is 48.5 Å². The van der Waals surface area contributed by atoms with Crippen molar-refractivity contribution in [2.24, 2.45) is 0 Å². The van der Waals surface area contributed by atoms with Crippen LogP contribution in [0.3, 0.4) is 0 Å². The van der Waals surface area contributed by atoms with Crippen molar-refractivity contribution in [2.45, 2.75) is 96.8 Å². The third kappa shape index (κ3) is 13.8. The normalized spacial score (nSPS) is 11.3. The highest BCUT2D eigenvalue weighted by Crippen LogP contribution is 2.24. The fourth-order valence-electron chi connectivity index (χ4n) is 4.49. The van der Waals surface area contributed by atoms with Gasteiger partial charge in [0.1, 0.15) is 0 Å². The number of hydrogen-bond acceptors (Lipinski definition) is 3. The molecule has 0 saturated carbocycles. The van der Waals surface area contributed by atoms with Crippen LogP contribution in [0.4, 0.5) is 5.69 Å². The molecule has 212 valence electrons. The van der Waals surface area contributed by atoms with Crippen LogP contribution in [0.25, 0.3) is 11.6 Å². The smallest absolute Gasteiger partial charge is 0.303 e. The maximum absolute atomic E-state index is 13.2. The van der Waals surface area contributed by atoms with Crippen LogP contribution in [0.5, 0.6) is 0 Å². The number of unbranched alkanes of at least 4 members (excludes halogenated alkanes) is 10. The molecule has 2 rings (SSSR count). The van der Waals surface area contributed by atoms with Gasteiger partial charge in [0, 0.05) is 30.6 Å². The number of benzene rings is 2. The first-order chi connectivity index (χ1) is 19.0. The van der Waals surface area contributed by atoms with Gasteiger partial charge in [-0.3, -0.25) is 14.4 Å². The van der Waals surface area contributed by atoms with Crippen LogP contribution < -0.4 is 10.6 Å². The molecule has 0 unspecified atom stereocenters. The van der Waals surface area contributed by atoms with E-state index in [0.717, 1.165) is 18.4 Å². The molecule has 0 saturated heterocycles. The van der Waals surface area contributed by atoms with Gasteiger partial charge in [0.2, 0.25) is 5.91 Å². The molecule has 0 aromatic heterocycles. The second kappa shape index (κ2) is 19.6. The summed E-state index contributed by atoms with van der Waals surface area (Å²) in [6.07, 6.45) is 16.0. The van der Waals surface area contributed by atoms with Gasteiger partial charge in [-0.1, -0.05) is 120 Å². The number of carbonyl (C=O) groups excluding carboxylic acids is 2. The van der Waals surface area contributed by atoms with Crippen LogP contribution in [0.15, 0.2) is 54.6 Å². The van der Waals surface area contributed by atoms with Crippen molar-refractivity contribution in [3.63, 3.8) is 0 Å². The first kappa shape index (κ1) is 31.8. The molecule has 0 heterocycles. The van der Waals surface area contributed by atoms with Crippen LogP contribution in [-0.2, 0) is 14.4 Å². The van der Waals surface area contributed by atoms with Crippen molar-refractivity contribution < 1.29 is 19.5 Å². The predicted molar refractivity (Wildman–Crippen MR) is 160 cm³/mol. The Morgan fingerprint density at radius 3 is 1.95 bits per heavy atom. The summed E-state index contributed by atoms with van der Waals surface area (Å²) in [4.78, 5) is 36.4. The Morgan fingerprint density at radius 1 is 0.718 bits per heavy atom. The van der Waals surface area contributed by atoms with Gasteiger partial charge in [-0.15, -0.1) is 0 Å². The zero-order valence-electron chi connectivity index (χ0n) is 23.6. The Labute approximate surface area is 234 Å². The summed E-state index contributed by atoms with van der Waals surface area (Å²) in [5, 5.41) is 14.8. The molecule has 0 bridgehead atoms. The fraction of sp³-hybridized carbons (Fsp3) is 0.485. The molecule has 2 aromatic carbocycles. The van der Waals surface area contributed by atoms with Gasteiger partial charge in [-0.25, -0.2) is 0 Å². The predicted octanol–water partition coefficient (Wildman–Crippen LogP) is 7.85. The molecule has 0 aliphatic heterocycles. The van der Waals surface area contributed by atoms with E-state index in [-0.39, 0.29) is 31.1 Å². The largest absolute Gasteiger partial charge is 0.481 e. The highest BCUT2D eigenvalue weighted by atomic mass is 16.4. The van der Waals surface area contributed by atoms with E-state index < -0.39 is 5.97 Å². The lowest BCUT2D eigenvalue weighted by Gasteiger charge is -2.12. The van der Waals surface area contributed by atoms with Gasteiger partial charge in [0.05, 0.1) is 0 Å². The molecule has 0 spiro atoms. The lowest BCUT2D eigenvalue weighted by molar-refractivity contribution is -0.137. The minimum Gasteiger partial charge on any atom is -0.481 e. The number of hydrogen-bond donors (Lipinski definition) is 3. The highest BCUT2D eigenvalue weighted by Gasteiger charge is 2.14. The monoisotopic (exact) mass is 534 g/mol. The van der Waals surface area contributed by atoms with Gasteiger partial charge in [0.25, 0.3) is 5.91 Å². The third-order valence-electron chi connectivity index (χ3n) is 6.72. The third-order valence-corrected chi connectivity index (χ3v) is 6.72. The van der Waals surface area contributed by atoms with Crippen molar-refractivity contribution in [2.75, 3.05) is 11.9 Å². The number of carbonyl (C=O) groups is 3. The topological polar surface area (TPSA) is 95.5 Å². The standard InChI is InChI=1S/C33H46N2O4/c1-2-3-4-5-6-7-8-9-10-11-17-25-34-33(39)29(27-19-13-12-14-20-27)26-28-21-15-16-22-30(28)35-31(36)23-18-24-32(37)38/h12-16,19-22,26H,2-11,17-18,23-25H2,1H3,(H,34,39)(H,35,36)(H,37,38)/b29-26+. The number of carboxylic acids is 1. The second-order valence-corrected chi connectivity index (χ2v) is 10.1. The molecular weight excluding hydrogens is 488 g/mol. The minimum absolute atomic E-state index is 0.0492. The molecule has 0 atom stereocenters. The summed E-state index contributed by atoms with van der Waals surface area (Å²) < 4.78 is 0. The number of nitrogens with one attached hydrogen (secondary N) is 2. The van der Waals surface area contributed by atoms with E-state index in [2.05, 4.69) is 17.6 Å². The van der Waals surface area contributed by atoms with Crippen LogP contribution in [0, 0.1) is 0 Å². The number of rotatable bonds is 20. The lowest BCUT2D eigenvalue weighted by atomic mass is 10.0. The molecule has 6 heteroatoms. The summed E-state index contributed by atoms with van der Waals surface area (Å²) >= 11 is 0. The van der Waals surface area contributed by atoms with Crippen LogP contribution in [0.1, 0.15) is 108 Å². The molecule has 0 aliphatic carbocycles. The van der Waals surface area contributed by atoms with Crippen LogP contribution >= 0.6 is 0 Å². The number of amides is 2. The van der Waals surface area contributed by atoms with E-state index in [0.29, 0.717) is 23.4 Å². The zero-order chi connectivity index (χ0) is 28.1. The number of aliphatic carboxylic acids is 1. The first-order valence-corrected chi connectivity index (χ1v) is 14.7. The number of anilines is 1. The van der Waals surface area contributed by atoms with Crippen molar-refractivity contribution >= 4 is 35.1 Å². The average Bonchev–Trinajstić information content (AvgIpc) is 2.93. The highest BCUT2D eigenvalue weighted by molar-refractivity contribution is 6.24. The van der Waals surface area contributed by atoms with Gasteiger partial charge in [0.15, 0.2) is 0 Å². The van der Waals surface area contributed by atoms with Gasteiger partial charge >= 0.3 is 5.97 Å². The molecule has 6 nitrogen and oxygen atoms in total. The average molecular weight is 535 g/mol. The molecule has 2 aromatic rings. The summed E-state index contributed by atoms with van der Waals surface area (Å²) in [7, 11) is 0. The van der Waals surface area contributed by atoms with Gasteiger partial charge in [-0.05, 0) is 36.1 Å². The molecule has 0 aliphatic rings. The van der Waals surface area contributed by atoms with E-state index in [4.69, 9.17) is 5.11 Å². The lowest BCUT2D eigenvalue weighted by Crippen LogP contribution is -2.25. The van der Waals surface area contributed by atoms with Crippen molar-refractivity contribution in [3.05, 3.63) is 65.7 Å². The van der Waals surface area contributed by atoms with E-state index in [1.54, 1.807) is 12.1 Å². The molecular formula is C33H46N2O4. The Kier molecular flexibility index (Phi) is 16.0. The molecule has 0 radical (unpaired) electrons. The molecule has 2 amide bonds. The summed E-state index contributed by atoms with van der Waals surface area (Å²) in [6.45, 7) is 2.88. The maximum Gasteiger partial charge on any atom is 0.303 e. The van der Waals surface area contributed by atoms with Crippen molar-refractivity contribution in [1.29, 1.82) is 0 Å². The fourth-order valence-corrected chi connectivity index (χ4v) is 4.49. The molecule has 3 N–H and O–H groups in total. The van der Waals surface area contributed by atoms with Gasteiger partial charge in [-0.2, -0.15) is 0 Å². The molecule has 39 heavy (non-hydrogen) atoms. The Hall–Kier alpha value is -3.41. The minimum atomic E-state index is -0.919. The summed E-state index contributed by atoms with van der Waals surface area (Å²) in [6, 6.07) is 16.8. The summed E-state index contributed by atoms with van der Waals surface area (Å²) in [5.74, 6) is -1.31. The number of carboxylic acid groups (broad SMARTS) is 1. The number of para-hydroxylation sites is 1. The summed E-state index contributed by atoms with van der Waals surface area (Å²) in [5.41, 5.74) is 2.64. The second-order valence-electron chi connectivity index (χ2n) is 10.1. The zero-order valence-corrected chi connectivity index (χ0v) is 23.6. The first-order valence-electron chi connectivity index (χ1n) is 14.7. The maximum atomic E-state index is 13.2. The Balaban J connectivity index is 1.91.